The van der Waals surface area contributed by atoms with Gasteiger partial charge >= 0.3 is 0 Å². The van der Waals surface area contributed by atoms with Crippen molar-refractivity contribution in [1.82, 2.24) is 9.78 Å². The molecule has 0 bridgehead atoms. The van der Waals surface area contributed by atoms with E-state index in [2.05, 4.69) is 10.4 Å². The first kappa shape index (κ1) is 13.9. The number of anilines is 1. The van der Waals surface area contributed by atoms with Crippen molar-refractivity contribution in [1.29, 1.82) is 0 Å². The molecule has 1 aromatic carbocycles. The molecule has 6 nitrogen and oxygen atoms in total. The van der Waals surface area contributed by atoms with Crippen LogP contribution in [0.1, 0.15) is 5.56 Å². The molecule has 0 unspecified atom stereocenters. The van der Waals surface area contributed by atoms with Crippen LogP contribution in [0.15, 0.2) is 30.6 Å². The maximum absolute atomic E-state index is 12.0. The summed E-state index contributed by atoms with van der Waals surface area (Å²) in [7, 11) is 4.95. The van der Waals surface area contributed by atoms with Crippen molar-refractivity contribution in [2.24, 2.45) is 7.05 Å². The van der Waals surface area contributed by atoms with Gasteiger partial charge in [-0.3, -0.25) is 9.48 Å². The van der Waals surface area contributed by atoms with Crippen LogP contribution in [0.5, 0.6) is 11.5 Å². The zero-order valence-electron chi connectivity index (χ0n) is 11.7. The molecule has 0 saturated carbocycles. The summed E-state index contributed by atoms with van der Waals surface area (Å²) in [5.41, 5.74) is 1.47. The highest BCUT2D eigenvalue weighted by Gasteiger charge is 2.10. The Morgan fingerprint density at radius 2 is 2.15 bits per heavy atom. The van der Waals surface area contributed by atoms with Gasteiger partial charge in [-0.2, -0.15) is 5.10 Å². The van der Waals surface area contributed by atoms with E-state index in [0.717, 1.165) is 5.56 Å². The molecule has 0 aliphatic heterocycles. The Balaban J connectivity index is 2.07. The summed E-state index contributed by atoms with van der Waals surface area (Å²) in [5, 5.41) is 6.78. The van der Waals surface area contributed by atoms with E-state index in [4.69, 9.17) is 9.47 Å². The molecule has 106 valence electrons. The third-order valence-electron chi connectivity index (χ3n) is 2.83. The van der Waals surface area contributed by atoms with Crippen LogP contribution in [0.2, 0.25) is 0 Å². The van der Waals surface area contributed by atoms with Gasteiger partial charge < -0.3 is 14.8 Å². The Labute approximate surface area is 117 Å². The van der Waals surface area contributed by atoms with Gasteiger partial charge in [0.2, 0.25) is 5.91 Å². The van der Waals surface area contributed by atoms with Gasteiger partial charge in [-0.1, -0.05) is 6.07 Å². The van der Waals surface area contributed by atoms with Crippen LogP contribution in [-0.2, 0) is 18.3 Å². The van der Waals surface area contributed by atoms with Crippen LogP contribution in [0.4, 0.5) is 5.69 Å². The quantitative estimate of drug-likeness (QED) is 0.900. The monoisotopic (exact) mass is 275 g/mol. The molecule has 0 atom stereocenters. The molecule has 0 radical (unpaired) electrons. The number of hydrogen-bond acceptors (Lipinski definition) is 4. The lowest BCUT2D eigenvalue weighted by atomic mass is 10.1. The fraction of sp³-hybridized carbons (Fsp3) is 0.286. The molecule has 1 heterocycles. The lowest BCUT2D eigenvalue weighted by Crippen LogP contribution is -2.14. The number of benzene rings is 1. The van der Waals surface area contributed by atoms with Gasteiger partial charge in [0.15, 0.2) is 0 Å². The number of methoxy groups -OCH3 is 2. The third-order valence-corrected chi connectivity index (χ3v) is 2.83. The Morgan fingerprint density at radius 3 is 2.75 bits per heavy atom. The normalized spacial score (nSPS) is 10.2. The predicted octanol–water partition coefficient (Wildman–Crippen LogP) is 1.62. The van der Waals surface area contributed by atoms with Gasteiger partial charge in [-0.25, -0.2) is 0 Å². The number of ether oxygens (including phenoxy) is 2. The minimum atomic E-state index is -0.124. The molecule has 0 fully saturated rings. The van der Waals surface area contributed by atoms with E-state index in [-0.39, 0.29) is 12.3 Å². The first-order chi connectivity index (χ1) is 9.62. The number of amides is 1. The summed E-state index contributed by atoms with van der Waals surface area (Å²) in [6, 6.07) is 5.38. The van der Waals surface area contributed by atoms with E-state index in [1.807, 2.05) is 6.07 Å². The maximum atomic E-state index is 12.0. The Kier molecular flexibility index (Phi) is 4.24. The highest BCUT2D eigenvalue weighted by Crippen LogP contribution is 2.25. The lowest BCUT2D eigenvalue weighted by Gasteiger charge is -2.10. The first-order valence-corrected chi connectivity index (χ1v) is 6.11. The summed E-state index contributed by atoms with van der Waals surface area (Å²) < 4.78 is 12.0. The first-order valence-electron chi connectivity index (χ1n) is 6.11. The predicted molar refractivity (Wildman–Crippen MR) is 75.1 cm³/mol. The van der Waals surface area contributed by atoms with Crippen LogP contribution < -0.4 is 14.8 Å². The van der Waals surface area contributed by atoms with Crippen LogP contribution in [0, 0.1) is 0 Å². The molecule has 0 aliphatic carbocycles. The summed E-state index contributed by atoms with van der Waals surface area (Å²) in [6.45, 7) is 0. The molecule has 20 heavy (non-hydrogen) atoms. The SMILES string of the molecule is COc1ccc(CC(=O)Nc2cnn(C)c2)c(OC)c1. The molecular formula is C14H17N3O3. The molecule has 1 N–H and O–H groups in total. The largest absolute Gasteiger partial charge is 0.497 e. The maximum Gasteiger partial charge on any atom is 0.229 e. The van der Waals surface area contributed by atoms with E-state index >= 15 is 0 Å². The van der Waals surface area contributed by atoms with Crippen molar-refractivity contribution in [2.45, 2.75) is 6.42 Å². The molecule has 1 amide bonds. The molecule has 6 heteroatoms. The molecule has 0 spiro atoms. The standard InChI is InChI=1S/C14H17N3O3/c1-17-9-11(8-15-17)16-14(18)6-10-4-5-12(19-2)7-13(10)20-3/h4-5,7-9H,6H2,1-3H3,(H,16,18). The van der Waals surface area contributed by atoms with Gasteiger partial charge in [-0.05, 0) is 6.07 Å². The average molecular weight is 275 g/mol. The summed E-state index contributed by atoms with van der Waals surface area (Å²) in [5.74, 6) is 1.20. The fourth-order valence-electron chi connectivity index (χ4n) is 1.86. The highest BCUT2D eigenvalue weighted by atomic mass is 16.5. The minimum absolute atomic E-state index is 0.124. The van der Waals surface area contributed by atoms with Gasteiger partial charge in [0.1, 0.15) is 11.5 Å². The Bertz CT molecular complexity index is 607. The van der Waals surface area contributed by atoms with E-state index in [1.165, 1.54) is 0 Å². The molecule has 1 aromatic heterocycles. The van der Waals surface area contributed by atoms with Crippen molar-refractivity contribution >= 4 is 11.6 Å². The molecule has 0 saturated heterocycles. The summed E-state index contributed by atoms with van der Waals surface area (Å²) in [4.78, 5) is 12.0. The summed E-state index contributed by atoms with van der Waals surface area (Å²) in [6.07, 6.45) is 3.56. The van der Waals surface area contributed by atoms with E-state index in [0.29, 0.717) is 17.2 Å². The van der Waals surface area contributed by atoms with Crippen molar-refractivity contribution in [2.75, 3.05) is 19.5 Å². The third kappa shape index (κ3) is 3.28. The second-order valence-electron chi connectivity index (χ2n) is 4.31. The molecular weight excluding hydrogens is 258 g/mol. The topological polar surface area (TPSA) is 65.4 Å². The zero-order chi connectivity index (χ0) is 14.5. The smallest absolute Gasteiger partial charge is 0.229 e. The van der Waals surface area contributed by atoms with Gasteiger partial charge in [0.05, 0.1) is 32.5 Å². The molecule has 2 rings (SSSR count). The number of hydrogen-bond donors (Lipinski definition) is 1. The number of nitrogens with zero attached hydrogens (tertiary/aromatic N) is 2. The van der Waals surface area contributed by atoms with E-state index < -0.39 is 0 Å². The average Bonchev–Trinajstić information content (AvgIpc) is 2.84. The van der Waals surface area contributed by atoms with Crippen molar-refractivity contribution < 1.29 is 14.3 Å². The van der Waals surface area contributed by atoms with Crippen LogP contribution in [-0.4, -0.2) is 29.9 Å². The Hall–Kier alpha value is -2.50. The summed E-state index contributed by atoms with van der Waals surface area (Å²) >= 11 is 0. The number of aryl methyl sites for hydroxylation is 1. The number of carbonyl (C=O) groups is 1. The van der Waals surface area contributed by atoms with Crippen molar-refractivity contribution in [3.8, 4) is 11.5 Å². The minimum Gasteiger partial charge on any atom is -0.497 e. The highest BCUT2D eigenvalue weighted by molar-refractivity contribution is 5.92. The van der Waals surface area contributed by atoms with E-state index in [9.17, 15) is 4.79 Å². The number of carbonyl (C=O) groups excluding carboxylic acids is 1. The zero-order valence-corrected chi connectivity index (χ0v) is 11.7. The second kappa shape index (κ2) is 6.10. The van der Waals surface area contributed by atoms with Crippen molar-refractivity contribution in [3.63, 3.8) is 0 Å². The number of nitrogens with one attached hydrogen (secondary N) is 1. The Morgan fingerprint density at radius 1 is 1.35 bits per heavy atom. The molecule has 2 aromatic rings. The van der Waals surface area contributed by atoms with Crippen LogP contribution >= 0.6 is 0 Å². The molecule has 0 aliphatic rings. The second-order valence-corrected chi connectivity index (χ2v) is 4.31. The van der Waals surface area contributed by atoms with E-state index in [1.54, 1.807) is 50.5 Å². The van der Waals surface area contributed by atoms with Gasteiger partial charge in [-0.15, -0.1) is 0 Å². The number of rotatable bonds is 5. The van der Waals surface area contributed by atoms with Crippen LogP contribution in [0.25, 0.3) is 0 Å². The van der Waals surface area contributed by atoms with Crippen molar-refractivity contribution in [3.05, 3.63) is 36.2 Å². The number of aromatic nitrogens is 2. The van der Waals surface area contributed by atoms with Crippen LogP contribution in [0.3, 0.4) is 0 Å². The van der Waals surface area contributed by atoms with Gasteiger partial charge in [0, 0.05) is 24.9 Å². The van der Waals surface area contributed by atoms with Gasteiger partial charge in [0.25, 0.3) is 0 Å². The fourth-order valence-corrected chi connectivity index (χ4v) is 1.86. The lowest BCUT2D eigenvalue weighted by molar-refractivity contribution is -0.115.